The van der Waals surface area contributed by atoms with Crippen molar-refractivity contribution in [2.45, 2.75) is 13.5 Å². The van der Waals surface area contributed by atoms with Gasteiger partial charge in [-0.3, -0.25) is 9.48 Å². The molecule has 146 valence electrons. The van der Waals surface area contributed by atoms with Crippen LogP contribution in [0.1, 0.15) is 21.7 Å². The number of carbonyl (C=O) groups excluding carboxylic acids is 1. The second-order valence-electron chi connectivity index (χ2n) is 6.49. The zero-order valence-corrected chi connectivity index (χ0v) is 16.9. The molecule has 0 unspecified atom stereocenters. The SMILES string of the molecule is Cc1cc(NC(=O)c2cc(-c3ccc(Cl)cc3)on2)nn1Cc1ccc(Cl)cc1. The normalized spacial score (nSPS) is 10.9. The number of hydrogen-bond donors (Lipinski definition) is 1. The second-order valence-corrected chi connectivity index (χ2v) is 7.37. The van der Waals surface area contributed by atoms with Gasteiger partial charge in [-0.1, -0.05) is 40.5 Å². The number of nitrogens with zero attached hydrogens (tertiary/aromatic N) is 3. The van der Waals surface area contributed by atoms with Crippen LogP contribution in [0.15, 0.2) is 65.2 Å². The van der Waals surface area contributed by atoms with Crippen LogP contribution in [0, 0.1) is 6.92 Å². The van der Waals surface area contributed by atoms with E-state index in [9.17, 15) is 4.79 Å². The molecule has 4 rings (SSSR count). The molecule has 0 saturated carbocycles. The van der Waals surface area contributed by atoms with Gasteiger partial charge in [0.2, 0.25) is 0 Å². The molecule has 6 nitrogen and oxygen atoms in total. The van der Waals surface area contributed by atoms with E-state index in [4.69, 9.17) is 27.7 Å². The van der Waals surface area contributed by atoms with Crippen LogP contribution in [0.25, 0.3) is 11.3 Å². The van der Waals surface area contributed by atoms with Gasteiger partial charge in [-0.05, 0) is 48.9 Å². The number of benzene rings is 2. The summed E-state index contributed by atoms with van der Waals surface area (Å²) in [4.78, 5) is 12.5. The maximum Gasteiger partial charge on any atom is 0.279 e. The lowest BCUT2D eigenvalue weighted by atomic mass is 10.1. The summed E-state index contributed by atoms with van der Waals surface area (Å²) in [5.74, 6) is 0.527. The summed E-state index contributed by atoms with van der Waals surface area (Å²) >= 11 is 11.8. The molecular weight excluding hydrogens is 411 g/mol. The number of amides is 1. The third-order valence-corrected chi connectivity index (χ3v) is 4.84. The zero-order valence-electron chi connectivity index (χ0n) is 15.4. The number of rotatable bonds is 5. The Hall–Kier alpha value is -3.09. The Kier molecular flexibility index (Phi) is 5.38. The van der Waals surface area contributed by atoms with E-state index in [0.29, 0.717) is 28.2 Å². The molecule has 0 fully saturated rings. The number of carbonyl (C=O) groups is 1. The van der Waals surface area contributed by atoms with Gasteiger partial charge in [0, 0.05) is 33.4 Å². The van der Waals surface area contributed by atoms with Gasteiger partial charge in [0.1, 0.15) is 0 Å². The fraction of sp³-hybridized carbons (Fsp3) is 0.0952. The third kappa shape index (κ3) is 4.50. The molecule has 4 aromatic rings. The molecule has 2 aromatic heterocycles. The highest BCUT2D eigenvalue weighted by molar-refractivity contribution is 6.30. The van der Waals surface area contributed by atoms with Gasteiger partial charge in [-0.25, -0.2) is 0 Å². The van der Waals surface area contributed by atoms with Crippen LogP contribution in [0.3, 0.4) is 0 Å². The first kappa shape index (κ1) is 19.2. The molecule has 0 radical (unpaired) electrons. The lowest BCUT2D eigenvalue weighted by Gasteiger charge is -2.04. The van der Waals surface area contributed by atoms with E-state index in [1.807, 2.05) is 31.2 Å². The first-order valence-corrected chi connectivity index (χ1v) is 9.56. The summed E-state index contributed by atoms with van der Waals surface area (Å²) in [5.41, 5.74) is 2.92. The molecule has 0 atom stereocenters. The molecule has 29 heavy (non-hydrogen) atoms. The number of nitrogens with one attached hydrogen (secondary N) is 1. The lowest BCUT2D eigenvalue weighted by Crippen LogP contribution is -2.13. The van der Waals surface area contributed by atoms with Gasteiger partial charge in [-0.2, -0.15) is 5.10 Å². The zero-order chi connectivity index (χ0) is 20.4. The number of aromatic nitrogens is 3. The molecule has 0 saturated heterocycles. The van der Waals surface area contributed by atoms with E-state index in [-0.39, 0.29) is 5.69 Å². The van der Waals surface area contributed by atoms with Crippen molar-refractivity contribution in [3.8, 4) is 11.3 Å². The van der Waals surface area contributed by atoms with Crippen molar-refractivity contribution in [1.29, 1.82) is 0 Å². The fourth-order valence-electron chi connectivity index (χ4n) is 2.81. The van der Waals surface area contributed by atoms with E-state index < -0.39 is 5.91 Å². The molecule has 2 heterocycles. The Labute approximate surface area is 177 Å². The second kappa shape index (κ2) is 8.11. The minimum Gasteiger partial charge on any atom is -0.355 e. The van der Waals surface area contributed by atoms with Crippen molar-refractivity contribution in [1.82, 2.24) is 14.9 Å². The van der Waals surface area contributed by atoms with Gasteiger partial charge in [-0.15, -0.1) is 0 Å². The molecule has 0 aliphatic rings. The predicted molar refractivity (Wildman–Crippen MR) is 112 cm³/mol. The van der Waals surface area contributed by atoms with Crippen LogP contribution in [0.2, 0.25) is 10.0 Å². The highest BCUT2D eigenvalue weighted by atomic mass is 35.5. The average molecular weight is 427 g/mol. The number of hydrogen-bond acceptors (Lipinski definition) is 4. The van der Waals surface area contributed by atoms with Crippen molar-refractivity contribution in [2.75, 3.05) is 5.32 Å². The van der Waals surface area contributed by atoms with Crippen LogP contribution >= 0.6 is 23.2 Å². The Morgan fingerprint density at radius 3 is 2.38 bits per heavy atom. The molecule has 0 spiro atoms. The van der Waals surface area contributed by atoms with E-state index in [2.05, 4.69) is 15.6 Å². The van der Waals surface area contributed by atoms with E-state index >= 15 is 0 Å². The van der Waals surface area contributed by atoms with Crippen molar-refractivity contribution < 1.29 is 9.32 Å². The largest absolute Gasteiger partial charge is 0.355 e. The standard InChI is InChI=1S/C21H16Cl2N4O2/c1-13-10-20(25-27(13)12-14-2-6-16(22)7-3-14)24-21(28)18-11-19(29-26-18)15-4-8-17(23)9-5-15/h2-11H,12H2,1H3,(H,24,25,28). The van der Waals surface area contributed by atoms with Crippen molar-refractivity contribution in [3.05, 3.63) is 87.7 Å². The monoisotopic (exact) mass is 426 g/mol. The van der Waals surface area contributed by atoms with E-state index in [0.717, 1.165) is 16.8 Å². The minimum atomic E-state index is -0.398. The van der Waals surface area contributed by atoms with Gasteiger partial charge in [0.15, 0.2) is 17.3 Å². The highest BCUT2D eigenvalue weighted by Gasteiger charge is 2.16. The molecule has 1 amide bonds. The number of aryl methyl sites for hydroxylation is 1. The van der Waals surface area contributed by atoms with E-state index in [1.165, 1.54) is 0 Å². The fourth-order valence-corrected chi connectivity index (χ4v) is 3.06. The average Bonchev–Trinajstić information content (AvgIpc) is 3.32. The smallest absolute Gasteiger partial charge is 0.279 e. The molecular formula is C21H16Cl2N4O2. The molecule has 0 aliphatic carbocycles. The molecule has 2 aromatic carbocycles. The molecule has 1 N–H and O–H groups in total. The predicted octanol–water partition coefficient (Wildman–Crippen LogP) is 5.45. The van der Waals surface area contributed by atoms with Crippen molar-refractivity contribution in [2.24, 2.45) is 0 Å². The summed E-state index contributed by atoms with van der Waals surface area (Å²) in [6.07, 6.45) is 0. The molecule has 0 aliphatic heterocycles. The summed E-state index contributed by atoms with van der Waals surface area (Å²) in [6.45, 7) is 2.50. The first-order chi connectivity index (χ1) is 14.0. The van der Waals surface area contributed by atoms with Crippen LogP contribution < -0.4 is 5.32 Å². The minimum absolute atomic E-state index is 0.167. The van der Waals surface area contributed by atoms with Gasteiger partial charge < -0.3 is 9.84 Å². The molecule has 0 bridgehead atoms. The summed E-state index contributed by atoms with van der Waals surface area (Å²) in [5, 5.41) is 12.4. The van der Waals surface area contributed by atoms with Crippen LogP contribution in [0.4, 0.5) is 5.82 Å². The highest BCUT2D eigenvalue weighted by Crippen LogP contribution is 2.23. The lowest BCUT2D eigenvalue weighted by molar-refractivity contribution is 0.101. The van der Waals surface area contributed by atoms with Gasteiger partial charge >= 0.3 is 0 Å². The molecule has 8 heteroatoms. The summed E-state index contributed by atoms with van der Waals surface area (Å²) in [7, 11) is 0. The Bertz CT molecular complexity index is 1150. The van der Waals surface area contributed by atoms with Crippen molar-refractivity contribution in [3.63, 3.8) is 0 Å². The van der Waals surface area contributed by atoms with Gasteiger partial charge in [0.05, 0.1) is 6.54 Å². The number of anilines is 1. The van der Waals surface area contributed by atoms with Gasteiger partial charge in [0.25, 0.3) is 5.91 Å². The van der Waals surface area contributed by atoms with Crippen LogP contribution in [-0.4, -0.2) is 20.8 Å². The third-order valence-electron chi connectivity index (χ3n) is 4.34. The Morgan fingerprint density at radius 1 is 1.03 bits per heavy atom. The van der Waals surface area contributed by atoms with Crippen molar-refractivity contribution >= 4 is 34.9 Å². The Balaban J connectivity index is 1.46. The summed E-state index contributed by atoms with van der Waals surface area (Å²) in [6, 6.07) is 18.0. The maximum absolute atomic E-state index is 12.5. The Morgan fingerprint density at radius 2 is 1.69 bits per heavy atom. The van der Waals surface area contributed by atoms with Crippen LogP contribution in [-0.2, 0) is 6.54 Å². The quantitative estimate of drug-likeness (QED) is 0.460. The summed E-state index contributed by atoms with van der Waals surface area (Å²) < 4.78 is 7.08. The number of halogens is 2. The topological polar surface area (TPSA) is 73.0 Å². The van der Waals surface area contributed by atoms with E-state index in [1.54, 1.807) is 41.1 Å². The first-order valence-electron chi connectivity index (χ1n) is 8.81. The van der Waals surface area contributed by atoms with Crippen LogP contribution in [0.5, 0.6) is 0 Å². The maximum atomic E-state index is 12.5.